The van der Waals surface area contributed by atoms with Gasteiger partial charge in [0.15, 0.2) is 0 Å². The van der Waals surface area contributed by atoms with Crippen LogP contribution in [0.1, 0.15) is 18.4 Å². The number of rotatable bonds is 7. The van der Waals surface area contributed by atoms with Gasteiger partial charge >= 0.3 is 0 Å². The molecule has 2 N–H and O–H groups in total. The summed E-state index contributed by atoms with van der Waals surface area (Å²) in [4.78, 5) is 12.7. The van der Waals surface area contributed by atoms with Crippen LogP contribution in [0.25, 0.3) is 10.4 Å². The van der Waals surface area contributed by atoms with Gasteiger partial charge in [-0.25, -0.2) is 5.48 Å². The molecule has 0 aliphatic heterocycles. The Labute approximate surface area is 150 Å². The predicted octanol–water partition coefficient (Wildman–Crippen LogP) is 3.75. The van der Waals surface area contributed by atoms with E-state index in [1.54, 1.807) is 16.8 Å². The Balaban J connectivity index is 1.91. The van der Waals surface area contributed by atoms with Gasteiger partial charge in [-0.2, -0.15) is 0 Å². The lowest BCUT2D eigenvalue weighted by Gasteiger charge is -2.11. The van der Waals surface area contributed by atoms with Crippen molar-refractivity contribution in [2.45, 2.75) is 24.5 Å². The molecule has 7 heteroatoms. The summed E-state index contributed by atoms with van der Waals surface area (Å²) in [5.74, 6) is -0.579. The molecule has 1 amide bonds. The molecule has 2 rings (SSSR count). The Morgan fingerprint density at radius 2 is 2.00 bits per heavy atom. The zero-order chi connectivity index (χ0) is 16.8. The third-order valence-corrected chi connectivity index (χ3v) is 6.47. The van der Waals surface area contributed by atoms with Gasteiger partial charge in [0.1, 0.15) is 5.25 Å². The second-order valence-electron chi connectivity index (χ2n) is 5.16. The van der Waals surface area contributed by atoms with E-state index in [1.807, 2.05) is 6.07 Å². The van der Waals surface area contributed by atoms with Crippen LogP contribution in [0.2, 0.25) is 0 Å². The van der Waals surface area contributed by atoms with Gasteiger partial charge in [0.05, 0.1) is 3.79 Å². The number of carbonyl (C=O) groups is 1. The zero-order valence-electron chi connectivity index (χ0n) is 12.6. The van der Waals surface area contributed by atoms with Crippen molar-refractivity contribution >= 4 is 44.0 Å². The fraction of sp³-hybridized carbons (Fsp3) is 0.312. The van der Waals surface area contributed by atoms with E-state index < -0.39 is 22.0 Å². The Hall–Kier alpha value is -1.02. The molecule has 0 aliphatic rings. The number of hydrogen-bond acceptors (Lipinski definition) is 4. The van der Waals surface area contributed by atoms with Crippen molar-refractivity contribution in [3.8, 4) is 10.4 Å². The zero-order valence-corrected chi connectivity index (χ0v) is 15.8. The fourth-order valence-electron chi connectivity index (χ4n) is 2.32. The van der Waals surface area contributed by atoms with E-state index in [9.17, 15) is 9.00 Å². The highest BCUT2D eigenvalue weighted by molar-refractivity contribution is 9.11. The number of aryl methyl sites for hydroxylation is 1. The molecule has 1 aromatic carbocycles. The van der Waals surface area contributed by atoms with E-state index in [0.29, 0.717) is 6.42 Å². The standard InChI is InChI=1S/C16H18BrNO3S2/c1-23(21)14(16(19)18-20)4-2-3-11-5-7-12(8-6-11)13-9-10-15(17)22-13/h5-10,14,20H,2-4H2,1H3,(H,18,19). The Morgan fingerprint density at radius 3 is 2.52 bits per heavy atom. The molecule has 1 heterocycles. The molecular formula is C16H18BrNO3S2. The highest BCUT2D eigenvalue weighted by Gasteiger charge is 2.21. The Bertz CT molecular complexity index is 685. The summed E-state index contributed by atoms with van der Waals surface area (Å²) < 4.78 is 12.6. The molecule has 0 aliphatic carbocycles. The summed E-state index contributed by atoms with van der Waals surface area (Å²) in [5.41, 5.74) is 3.94. The van der Waals surface area contributed by atoms with Gasteiger partial charge in [0.2, 0.25) is 0 Å². The molecule has 1 aromatic heterocycles. The van der Waals surface area contributed by atoms with Crippen LogP contribution in [-0.4, -0.2) is 26.8 Å². The summed E-state index contributed by atoms with van der Waals surface area (Å²) in [6.45, 7) is 0. The minimum atomic E-state index is -1.29. The lowest BCUT2D eigenvalue weighted by Crippen LogP contribution is -2.35. The van der Waals surface area contributed by atoms with Crippen molar-refractivity contribution < 1.29 is 14.2 Å². The minimum absolute atomic E-state index is 0.481. The van der Waals surface area contributed by atoms with Gasteiger partial charge in [0, 0.05) is 21.9 Å². The molecule has 0 spiro atoms. The third-order valence-electron chi connectivity index (χ3n) is 3.55. The molecule has 0 radical (unpaired) electrons. The van der Waals surface area contributed by atoms with E-state index in [2.05, 4.69) is 46.3 Å². The van der Waals surface area contributed by atoms with Gasteiger partial charge in [-0.3, -0.25) is 14.2 Å². The first-order valence-corrected chi connectivity index (χ1v) is 10.3. The van der Waals surface area contributed by atoms with E-state index in [1.165, 1.54) is 22.3 Å². The maximum Gasteiger partial charge on any atom is 0.259 e. The highest BCUT2D eigenvalue weighted by atomic mass is 79.9. The smallest absolute Gasteiger partial charge is 0.259 e. The van der Waals surface area contributed by atoms with Crippen molar-refractivity contribution in [2.24, 2.45) is 0 Å². The third kappa shape index (κ3) is 5.24. The van der Waals surface area contributed by atoms with Gasteiger partial charge in [-0.05, 0) is 58.5 Å². The van der Waals surface area contributed by atoms with E-state index >= 15 is 0 Å². The van der Waals surface area contributed by atoms with Crippen molar-refractivity contribution in [3.63, 3.8) is 0 Å². The van der Waals surface area contributed by atoms with Crippen LogP contribution < -0.4 is 5.48 Å². The largest absolute Gasteiger partial charge is 0.289 e. The van der Waals surface area contributed by atoms with E-state index in [-0.39, 0.29) is 0 Å². The summed E-state index contributed by atoms with van der Waals surface area (Å²) in [7, 11) is -1.29. The summed E-state index contributed by atoms with van der Waals surface area (Å²) in [5, 5.41) is 8.01. The Kier molecular flexibility index (Phi) is 6.95. The summed E-state index contributed by atoms with van der Waals surface area (Å²) in [6, 6.07) is 12.4. The number of carbonyl (C=O) groups excluding carboxylic acids is 1. The SMILES string of the molecule is CS(=O)C(CCCc1ccc(-c2ccc(Br)s2)cc1)C(=O)NO. The first-order chi connectivity index (χ1) is 11.0. The number of benzene rings is 1. The first kappa shape index (κ1) is 18.3. The number of hydroxylamine groups is 1. The van der Waals surface area contributed by atoms with Crippen LogP contribution in [0.4, 0.5) is 0 Å². The first-order valence-electron chi connectivity index (χ1n) is 7.12. The maximum atomic E-state index is 11.5. The Morgan fingerprint density at radius 1 is 1.30 bits per heavy atom. The van der Waals surface area contributed by atoms with E-state index in [4.69, 9.17) is 5.21 Å². The minimum Gasteiger partial charge on any atom is -0.289 e. The molecule has 0 bridgehead atoms. The lowest BCUT2D eigenvalue weighted by molar-refractivity contribution is -0.128. The van der Waals surface area contributed by atoms with Gasteiger partial charge in [-0.1, -0.05) is 24.3 Å². The topological polar surface area (TPSA) is 66.4 Å². The molecule has 0 fully saturated rings. The van der Waals surface area contributed by atoms with Crippen molar-refractivity contribution in [3.05, 3.63) is 45.7 Å². The number of hydrogen-bond donors (Lipinski definition) is 2. The molecular weight excluding hydrogens is 398 g/mol. The number of amides is 1. The van der Waals surface area contributed by atoms with Crippen molar-refractivity contribution in [1.29, 1.82) is 0 Å². The average molecular weight is 416 g/mol. The van der Waals surface area contributed by atoms with Gasteiger partial charge in [-0.15, -0.1) is 11.3 Å². The molecule has 2 unspecified atom stereocenters. The van der Waals surface area contributed by atoms with Crippen molar-refractivity contribution in [1.82, 2.24) is 5.48 Å². The molecule has 0 saturated carbocycles. The van der Waals surface area contributed by atoms with Crippen LogP contribution in [-0.2, 0) is 22.0 Å². The fourth-order valence-corrected chi connectivity index (χ4v) is 4.56. The number of nitrogens with one attached hydrogen (secondary N) is 1. The molecule has 4 nitrogen and oxygen atoms in total. The normalized spacial score (nSPS) is 13.5. The lowest BCUT2D eigenvalue weighted by atomic mass is 10.0. The second-order valence-corrected chi connectivity index (χ2v) is 9.19. The van der Waals surface area contributed by atoms with Crippen LogP contribution in [0.5, 0.6) is 0 Å². The summed E-state index contributed by atoms with van der Waals surface area (Å²) >= 11 is 5.16. The molecule has 0 saturated heterocycles. The maximum absolute atomic E-state index is 11.5. The molecule has 2 atom stereocenters. The van der Waals surface area contributed by atoms with Crippen molar-refractivity contribution in [2.75, 3.05) is 6.26 Å². The quantitative estimate of drug-likeness (QED) is 0.534. The molecule has 23 heavy (non-hydrogen) atoms. The van der Waals surface area contributed by atoms with Crippen LogP contribution in [0.3, 0.4) is 0 Å². The molecule has 124 valence electrons. The predicted molar refractivity (Wildman–Crippen MR) is 98.2 cm³/mol. The van der Waals surface area contributed by atoms with Gasteiger partial charge in [0.25, 0.3) is 5.91 Å². The average Bonchev–Trinajstić information content (AvgIpc) is 2.97. The van der Waals surface area contributed by atoms with Crippen LogP contribution in [0, 0.1) is 0 Å². The second kappa shape index (κ2) is 8.73. The van der Waals surface area contributed by atoms with Crippen LogP contribution in [0.15, 0.2) is 40.2 Å². The number of thiophene rings is 1. The summed E-state index contributed by atoms with van der Waals surface area (Å²) in [6.07, 6.45) is 3.51. The van der Waals surface area contributed by atoms with E-state index in [0.717, 1.165) is 16.6 Å². The molecule has 2 aromatic rings. The highest BCUT2D eigenvalue weighted by Crippen LogP contribution is 2.31. The van der Waals surface area contributed by atoms with Crippen LogP contribution >= 0.6 is 27.3 Å². The van der Waals surface area contributed by atoms with Gasteiger partial charge < -0.3 is 0 Å². The monoisotopic (exact) mass is 415 g/mol. The number of halogens is 1.